The van der Waals surface area contributed by atoms with Gasteiger partial charge in [0, 0.05) is 29.4 Å². The summed E-state index contributed by atoms with van der Waals surface area (Å²) in [6.45, 7) is 0.443. The van der Waals surface area contributed by atoms with Crippen molar-refractivity contribution in [3.8, 4) is 21.9 Å². The summed E-state index contributed by atoms with van der Waals surface area (Å²) in [7, 11) is 3.16. The smallest absolute Gasteiger partial charge is 0.224 e. The molecule has 0 aliphatic carbocycles. The van der Waals surface area contributed by atoms with E-state index in [-0.39, 0.29) is 12.3 Å². The lowest BCUT2D eigenvalue weighted by Gasteiger charge is -2.10. The number of hydrogen-bond acceptors (Lipinski definition) is 5. The average molecular weight is 368 g/mol. The first kappa shape index (κ1) is 17.9. The predicted molar refractivity (Wildman–Crippen MR) is 103 cm³/mol. The van der Waals surface area contributed by atoms with Crippen LogP contribution in [-0.4, -0.2) is 25.1 Å². The summed E-state index contributed by atoms with van der Waals surface area (Å²) in [6, 6.07) is 11.6. The molecule has 0 atom stereocenters. The second kappa shape index (κ2) is 8.49. The second-order valence-electron chi connectivity index (χ2n) is 5.70. The molecular formula is C20H20N2O3S. The maximum atomic E-state index is 12.3. The van der Waals surface area contributed by atoms with Crippen LogP contribution in [0.4, 0.5) is 0 Å². The van der Waals surface area contributed by atoms with E-state index in [1.54, 1.807) is 37.8 Å². The molecule has 5 nitrogen and oxygen atoms in total. The minimum Gasteiger partial charge on any atom is -0.493 e. The molecule has 0 unspecified atom stereocenters. The van der Waals surface area contributed by atoms with Crippen molar-refractivity contribution < 1.29 is 14.3 Å². The number of ether oxygens (including phenoxy) is 2. The SMILES string of the molecule is COc1ccc(CC(=O)NCc2cncc(-c3cccs3)c2)cc1OC. The minimum absolute atomic E-state index is 0.0567. The Bertz CT molecular complexity index is 879. The van der Waals surface area contributed by atoms with Crippen molar-refractivity contribution in [3.05, 3.63) is 65.3 Å². The quantitative estimate of drug-likeness (QED) is 0.691. The third kappa shape index (κ3) is 4.40. The van der Waals surface area contributed by atoms with Crippen molar-refractivity contribution in [1.82, 2.24) is 10.3 Å². The van der Waals surface area contributed by atoms with Gasteiger partial charge >= 0.3 is 0 Å². The van der Waals surface area contributed by atoms with Crippen LogP contribution in [-0.2, 0) is 17.8 Å². The number of nitrogens with one attached hydrogen (secondary N) is 1. The number of amides is 1. The van der Waals surface area contributed by atoms with E-state index in [9.17, 15) is 4.79 Å². The summed E-state index contributed by atoms with van der Waals surface area (Å²) in [5, 5.41) is 4.97. The zero-order valence-corrected chi connectivity index (χ0v) is 15.5. The molecule has 3 aromatic rings. The van der Waals surface area contributed by atoms with Crippen molar-refractivity contribution in [2.45, 2.75) is 13.0 Å². The average Bonchev–Trinajstić information content (AvgIpc) is 3.21. The highest BCUT2D eigenvalue weighted by Gasteiger charge is 2.09. The lowest BCUT2D eigenvalue weighted by Crippen LogP contribution is -2.24. The molecule has 0 fully saturated rings. The Morgan fingerprint density at radius 3 is 2.65 bits per heavy atom. The first-order valence-electron chi connectivity index (χ1n) is 8.15. The van der Waals surface area contributed by atoms with Crippen LogP contribution in [0.2, 0.25) is 0 Å². The van der Waals surface area contributed by atoms with Gasteiger partial charge in [0.1, 0.15) is 0 Å². The van der Waals surface area contributed by atoms with E-state index in [0.717, 1.165) is 21.6 Å². The van der Waals surface area contributed by atoms with Crippen LogP contribution in [0.15, 0.2) is 54.2 Å². The van der Waals surface area contributed by atoms with Crippen LogP contribution >= 0.6 is 11.3 Å². The van der Waals surface area contributed by atoms with Gasteiger partial charge in [0.25, 0.3) is 0 Å². The third-order valence-electron chi connectivity index (χ3n) is 3.90. The summed E-state index contributed by atoms with van der Waals surface area (Å²) in [4.78, 5) is 17.7. The molecule has 6 heteroatoms. The van der Waals surface area contributed by atoms with E-state index >= 15 is 0 Å². The summed E-state index contributed by atoms with van der Waals surface area (Å²) >= 11 is 1.67. The minimum atomic E-state index is -0.0567. The Kier molecular flexibility index (Phi) is 5.86. The Hall–Kier alpha value is -2.86. The second-order valence-corrected chi connectivity index (χ2v) is 6.65. The van der Waals surface area contributed by atoms with E-state index in [4.69, 9.17) is 9.47 Å². The van der Waals surface area contributed by atoms with Gasteiger partial charge in [-0.25, -0.2) is 0 Å². The van der Waals surface area contributed by atoms with Crippen LogP contribution in [0.3, 0.4) is 0 Å². The van der Waals surface area contributed by atoms with Gasteiger partial charge < -0.3 is 14.8 Å². The highest BCUT2D eigenvalue weighted by molar-refractivity contribution is 7.13. The van der Waals surface area contributed by atoms with Gasteiger partial charge in [-0.1, -0.05) is 12.1 Å². The summed E-state index contributed by atoms with van der Waals surface area (Å²) in [5.41, 5.74) is 2.90. The number of carbonyl (C=O) groups excluding carboxylic acids is 1. The zero-order chi connectivity index (χ0) is 18.4. The molecule has 2 heterocycles. The summed E-state index contributed by atoms with van der Waals surface area (Å²) in [6.07, 6.45) is 3.88. The van der Waals surface area contributed by atoms with Gasteiger partial charge in [-0.15, -0.1) is 11.3 Å². The monoisotopic (exact) mass is 368 g/mol. The molecule has 0 saturated heterocycles. The van der Waals surface area contributed by atoms with E-state index < -0.39 is 0 Å². The van der Waals surface area contributed by atoms with E-state index in [1.807, 2.05) is 29.8 Å². The highest BCUT2D eigenvalue weighted by Crippen LogP contribution is 2.27. The van der Waals surface area contributed by atoms with Gasteiger partial charge in [0.2, 0.25) is 5.91 Å². The number of benzene rings is 1. The molecule has 0 spiro atoms. The molecule has 26 heavy (non-hydrogen) atoms. The largest absolute Gasteiger partial charge is 0.493 e. The predicted octanol–water partition coefficient (Wildman–Crippen LogP) is 3.69. The van der Waals surface area contributed by atoms with Crippen LogP contribution in [0.5, 0.6) is 11.5 Å². The number of methoxy groups -OCH3 is 2. The molecule has 134 valence electrons. The molecule has 1 amide bonds. The maximum Gasteiger partial charge on any atom is 0.224 e. The van der Waals surface area contributed by atoms with Gasteiger partial charge in [-0.3, -0.25) is 9.78 Å². The van der Waals surface area contributed by atoms with Crippen molar-refractivity contribution >= 4 is 17.2 Å². The first-order valence-corrected chi connectivity index (χ1v) is 9.03. The van der Waals surface area contributed by atoms with Crippen molar-refractivity contribution in [2.24, 2.45) is 0 Å². The Balaban J connectivity index is 1.60. The number of nitrogens with zero attached hydrogens (tertiary/aromatic N) is 1. The molecule has 0 aliphatic rings. The standard InChI is InChI=1S/C20H20N2O3S/c1-24-17-6-5-14(9-18(17)25-2)10-20(23)22-12-15-8-16(13-21-11-15)19-4-3-7-26-19/h3-9,11,13H,10,12H2,1-2H3,(H,22,23). The van der Waals surface area contributed by atoms with Gasteiger partial charge in [-0.05, 0) is 40.8 Å². The Morgan fingerprint density at radius 1 is 1.08 bits per heavy atom. The van der Waals surface area contributed by atoms with Crippen LogP contribution in [0.25, 0.3) is 10.4 Å². The molecule has 0 bridgehead atoms. The zero-order valence-electron chi connectivity index (χ0n) is 14.7. The molecule has 1 N–H and O–H groups in total. The van der Waals surface area contributed by atoms with Crippen LogP contribution < -0.4 is 14.8 Å². The molecule has 1 aromatic carbocycles. The first-order chi connectivity index (χ1) is 12.7. The fourth-order valence-electron chi connectivity index (χ4n) is 2.60. The van der Waals surface area contributed by atoms with Gasteiger partial charge in [0.05, 0.1) is 20.6 Å². The lowest BCUT2D eigenvalue weighted by atomic mass is 10.1. The fourth-order valence-corrected chi connectivity index (χ4v) is 3.31. The van der Waals surface area contributed by atoms with E-state index in [2.05, 4.69) is 22.4 Å². The summed E-state index contributed by atoms with van der Waals surface area (Å²) < 4.78 is 10.5. The van der Waals surface area contributed by atoms with Crippen LogP contribution in [0, 0.1) is 0 Å². The third-order valence-corrected chi connectivity index (χ3v) is 4.82. The molecule has 2 aromatic heterocycles. The number of pyridine rings is 1. The lowest BCUT2D eigenvalue weighted by molar-refractivity contribution is -0.120. The van der Waals surface area contributed by atoms with Gasteiger partial charge in [-0.2, -0.15) is 0 Å². The number of hydrogen-bond donors (Lipinski definition) is 1. The Morgan fingerprint density at radius 2 is 1.92 bits per heavy atom. The van der Waals surface area contributed by atoms with E-state index in [1.165, 1.54) is 0 Å². The molecular weight excluding hydrogens is 348 g/mol. The van der Waals surface area contributed by atoms with Crippen LogP contribution in [0.1, 0.15) is 11.1 Å². The molecule has 3 rings (SSSR count). The molecule has 0 saturated carbocycles. The van der Waals surface area contributed by atoms with Gasteiger partial charge in [0.15, 0.2) is 11.5 Å². The number of carbonyl (C=O) groups is 1. The summed E-state index contributed by atoms with van der Waals surface area (Å²) in [5.74, 6) is 1.21. The maximum absolute atomic E-state index is 12.3. The van der Waals surface area contributed by atoms with Crippen molar-refractivity contribution in [3.63, 3.8) is 0 Å². The van der Waals surface area contributed by atoms with E-state index in [0.29, 0.717) is 18.0 Å². The highest BCUT2D eigenvalue weighted by atomic mass is 32.1. The number of rotatable bonds is 7. The normalized spacial score (nSPS) is 10.4. The number of aromatic nitrogens is 1. The molecule has 0 radical (unpaired) electrons. The van der Waals surface area contributed by atoms with Crippen molar-refractivity contribution in [2.75, 3.05) is 14.2 Å². The number of thiophene rings is 1. The van der Waals surface area contributed by atoms with Crippen molar-refractivity contribution in [1.29, 1.82) is 0 Å². The fraction of sp³-hybridized carbons (Fsp3) is 0.200. The Labute approximate surface area is 156 Å². The molecule has 0 aliphatic heterocycles. The topological polar surface area (TPSA) is 60.5 Å².